The summed E-state index contributed by atoms with van der Waals surface area (Å²) < 4.78 is 1.80. The van der Waals surface area contributed by atoms with Crippen LogP contribution in [0.3, 0.4) is 0 Å². The fourth-order valence-electron chi connectivity index (χ4n) is 4.33. The van der Waals surface area contributed by atoms with Gasteiger partial charge in [0.15, 0.2) is 10.8 Å². The van der Waals surface area contributed by atoms with Crippen molar-refractivity contribution in [2.24, 2.45) is 5.92 Å². The van der Waals surface area contributed by atoms with Crippen LogP contribution in [0.5, 0.6) is 0 Å². The number of thiazole rings is 1. The second kappa shape index (κ2) is 9.11. The summed E-state index contributed by atoms with van der Waals surface area (Å²) in [6.45, 7) is 1.34. The fourth-order valence-corrected chi connectivity index (χ4v) is 5.33. The molecule has 2 N–H and O–H groups in total. The van der Waals surface area contributed by atoms with Gasteiger partial charge in [0.05, 0.1) is 5.92 Å². The standard InChI is InChI=1S/C20H28N6O3S/c1-21-18(28)13-6-5-9-25(10-13)20-24-17-16(30-20)19(29)26(12-22-17)11-15(27)23-14-7-3-2-4-8-14/h12-14H,2-11H2,1H3,(H,21,28)(H,23,27)/t13-/m0/s1. The molecule has 2 fully saturated rings. The minimum Gasteiger partial charge on any atom is -0.359 e. The van der Waals surface area contributed by atoms with Gasteiger partial charge in [-0.15, -0.1) is 0 Å². The first-order valence-corrected chi connectivity index (χ1v) is 11.5. The molecule has 9 nitrogen and oxygen atoms in total. The Bertz CT molecular complexity index is 981. The van der Waals surface area contributed by atoms with E-state index in [9.17, 15) is 14.4 Å². The maximum absolute atomic E-state index is 12.9. The van der Waals surface area contributed by atoms with Gasteiger partial charge < -0.3 is 15.5 Å². The molecule has 10 heteroatoms. The van der Waals surface area contributed by atoms with Gasteiger partial charge in [-0.1, -0.05) is 30.6 Å². The van der Waals surface area contributed by atoms with Crippen LogP contribution in [0.1, 0.15) is 44.9 Å². The van der Waals surface area contributed by atoms with Crippen molar-refractivity contribution in [3.05, 3.63) is 16.7 Å². The van der Waals surface area contributed by atoms with E-state index in [0.29, 0.717) is 22.0 Å². The zero-order chi connectivity index (χ0) is 21.1. The van der Waals surface area contributed by atoms with Crippen LogP contribution >= 0.6 is 11.3 Å². The first-order chi connectivity index (χ1) is 14.5. The van der Waals surface area contributed by atoms with Gasteiger partial charge >= 0.3 is 0 Å². The predicted molar refractivity (Wildman–Crippen MR) is 116 cm³/mol. The molecule has 2 aromatic heterocycles. The summed E-state index contributed by atoms with van der Waals surface area (Å²) >= 11 is 1.28. The summed E-state index contributed by atoms with van der Waals surface area (Å²) in [6.07, 6.45) is 8.65. The number of nitrogens with one attached hydrogen (secondary N) is 2. The van der Waals surface area contributed by atoms with Crippen LogP contribution in [-0.4, -0.2) is 52.5 Å². The van der Waals surface area contributed by atoms with E-state index in [2.05, 4.69) is 25.5 Å². The third-order valence-electron chi connectivity index (χ3n) is 5.97. The summed E-state index contributed by atoms with van der Waals surface area (Å²) in [6, 6.07) is 0.209. The summed E-state index contributed by atoms with van der Waals surface area (Å²) in [5, 5.41) is 6.45. The van der Waals surface area contributed by atoms with Crippen molar-refractivity contribution >= 4 is 38.6 Å². The van der Waals surface area contributed by atoms with Gasteiger partial charge in [-0.25, -0.2) is 4.98 Å². The molecule has 4 rings (SSSR count). The molecule has 1 atom stereocenters. The topological polar surface area (TPSA) is 109 Å². The molecule has 0 aromatic carbocycles. The van der Waals surface area contributed by atoms with E-state index in [-0.39, 0.29) is 35.9 Å². The largest absolute Gasteiger partial charge is 0.359 e. The van der Waals surface area contributed by atoms with E-state index < -0.39 is 0 Å². The second-order valence-electron chi connectivity index (χ2n) is 8.13. The molecular formula is C20H28N6O3S. The van der Waals surface area contributed by atoms with Crippen LogP contribution < -0.4 is 21.1 Å². The Balaban J connectivity index is 1.48. The zero-order valence-electron chi connectivity index (χ0n) is 17.2. The van der Waals surface area contributed by atoms with Crippen molar-refractivity contribution in [1.82, 2.24) is 25.2 Å². The molecule has 2 amide bonds. The Kier molecular flexibility index (Phi) is 6.31. The van der Waals surface area contributed by atoms with Crippen LogP contribution in [-0.2, 0) is 16.1 Å². The summed E-state index contributed by atoms with van der Waals surface area (Å²) in [5.41, 5.74) is 0.147. The number of nitrogens with zero attached hydrogens (tertiary/aromatic N) is 4. The Morgan fingerprint density at radius 1 is 1.20 bits per heavy atom. The quantitative estimate of drug-likeness (QED) is 0.736. The molecule has 2 aliphatic rings. The van der Waals surface area contributed by atoms with E-state index >= 15 is 0 Å². The summed E-state index contributed by atoms with van der Waals surface area (Å²) in [4.78, 5) is 48.2. The van der Waals surface area contributed by atoms with E-state index in [1.807, 2.05) is 0 Å². The van der Waals surface area contributed by atoms with Crippen LogP contribution in [0.25, 0.3) is 10.3 Å². The normalized spacial score (nSPS) is 20.3. The Morgan fingerprint density at radius 2 is 2.00 bits per heavy atom. The number of rotatable bonds is 5. The molecule has 0 spiro atoms. The van der Waals surface area contributed by atoms with Crippen molar-refractivity contribution in [3.8, 4) is 0 Å². The number of aromatic nitrogens is 3. The van der Waals surface area contributed by atoms with E-state index in [1.54, 1.807) is 7.05 Å². The molecule has 30 heavy (non-hydrogen) atoms. The molecule has 0 bridgehead atoms. The minimum atomic E-state index is -0.248. The Labute approximate surface area is 178 Å². The highest BCUT2D eigenvalue weighted by atomic mass is 32.1. The average Bonchev–Trinajstić information content (AvgIpc) is 3.21. The van der Waals surface area contributed by atoms with Crippen LogP contribution in [0.4, 0.5) is 5.13 Å². The van der Waals surface area contributed by atoms with Crippen molar-refractivity contribution in [1.29, 1.82) is 0 Å². The Morgan fingerprint density at radius 3 is 2.77 bits per heavy atom. The van der Waals surface area contributed by atoms with Crippen molar-refractivity contribution in [2.45, 2.75) is 57.5 Å². The number of anilines is 1. The molecule has 1 aliphatic carbocycles. The summed E-state index contributed by atoms with van der Waals surface area (Å²) in [5.74, 6) is -0.200. The number of amides is 2. The summed E-state index contributed by atoms with van der Waals surface area (Å²) in [7, 11) is 1.65. The van der Waals surface area contributed by atoms with Crippen molar-refractivity contribution < 1.29 is 9.59 Å². The molecule has 0 radical (unpaired) electrons. The highest BCUT2D eigenvalue weighted by Crippen LogP contribution is 2.29. The molecule has 162 valence electrons. The van der Waals surface area contributed by atoms with Gasteiger partial charge in [-0.05, 0) is 25.7 Å². The number of carbonyl (C=O) groups excluding carboxylic acids is 2. The van der Waals surface area contributed by atoms with Gasteiger partial charge in [0.1, 0.15) is 17.6 Å². The number of fused-ring (bicyclic) bond motifs is 1. The lowest BCUT2D eigenvalue weighted by atomic mass is 9.95. The maximum Gasteiger partial charge on any atom is 0.273 e. The van der Waals surface area contributed by atoms with Crippen molar-refractivity contribution in [3.63, 3.8) is 0 Å². The van der Waals surface area contributed by atoms with Gasteiger partial charge in [0.2, 0.25) is 11.8 Å². The molecule has 1 aliphatic heterocycles. The SMILES string of the molecule is CNC(=O)[C@H]1CCCN(c2nc3ncn(CC(=O)NC4CCCCC4)c(=O)c3s2)C1. The smallest absolute Gasteiger partial charge is 0.273 e. The highest BCUT2D eigenvalue weighted by Gasteiger charge is 2.27. The van der Waals surface area contributed by atoms with Crippen LogP contribution in [0.15, 0.2) is 11.1 Å². The third-order valence-corrected chi connectivity index (χ3v) is 7.06. The second-order valence-corrected chi connectivity index (χ2v) is 9.11. The molecule has 1 saturated carbocycles. The van der Waals surface area contributed by atoms with Gasteiger partial charge in [-0.3, -0.25) is 19.0 Å². The maximum atomic E-state index is 12.9. The predicted octanol–water partition coefficient (Wildman–Crippen LogP) is 1.26. The number of hydrogen-bond acceptors (Lipinski definition) is 7. The van der Waals surface area contributed by atoms with E-state index in [1.165, 1.54) is 28.7 Å². The van der Waals surface area contributed by atoms with Gasteiger partial charge in [-0.2, -0.15) is 4.98 Å². The third kappa shape index (κ3) is 4.48. The van der Waals surface area contributed by atoms with Gasteiger partial charge in [0, 0.05) is 26.2 Å². The lowest BCUT2D eigenvalue weighted by Gasteiger charge is -2.31. The van der Waals surface area contributed by atoms with E-state index in [4.69, 9.17) is 0 Å². The molecule has 2 aromatic rings. The molecular weight excluding hydrogens is 404 g/mol. The molecule has 3 heterocycles. The number of piperidine rings is 1. The number of hydrogen-bond donors (Lipinski definition) is 2. The minimum absolute atomic E-state index is 0.0327. The average molecular weight is 433 g/mol. The molecule has 1 saturated heterocycles. The first-order valence-electron chi connectivity index (χ1n) is 10.7. The lowest BCUT2D eigenvalue weighted by Crippen LogP contribution is -2.42. The lowest BCUT2D eigenvalue weighted by molar-refractivity contribution is -0.125. The first kappa shape index (κ1) is 20.8. The van der Waals surface area contributed by atoms with Crippen LogP contribution in [0.2, 0.25) is 0 Å². The fraction of sp³-hybridized carbons (Fsp3) is 0.650. The Hall–Kier alpha value is -2.49. The molecule has 0 unspecified atom stereocenters. The monoisotopic (exact) mass is 432 g/mol. The number of carbonyl (C=O) groups is 2. The van der Waals surface area contributed by atoms with E-state index in [0.717, 1.165) is 45.1 Å². The van der Waals surface area contributed by atoms with Crippen LogP contribution in [0, 0.1) is 5.92 Å². The zero-order valence-corrected chi connectivity index (χ0v) is 18.0. The van der Waals surface area contributed by atoms with Gasteiger partial charge in [0.25, 0.3) is 5.56 Å². The van der Waals surface area contributed by atoms with Crippen molar-refractivity contribution in [2.75, 3.05) is 25.0 Å². The highest BCUT2D eigenvalue weighted by molar-refractivity contribution is 7.22.